The zero-order valence-corrected chi connectivity index (χ0v) is 10.9. The highest BCUT2D eigenvalue weighted by Crippen LogP contribution is 2.22. The smallest absolute Gasteiger partial charge is 0.275 e. The first kappa shape index (κ1) is 13.6. The third kappa shape index (κ3) is 2.77. The summed E-state index contributed by atoms with van der Waals surface area (Å²) in [6.45, 7) is 1.70. The molecule has 0 aliphatic rings. The highest BCUT2D eigenvalue weighted by Gasteiger charge is 2.17. The van der Waals surface area contributed by atoms with E-state index in [0.717, 1.165) is 6.07 Å². The van der Waals surface area contributed by atoms with E-state index in [4.69, 9.17) is 5.73 Å². The van der Waals surface area contributed by atoms with Crippen LogP contribution in [0, 0.1) is 18.6 Å². The van der Waals surface area contributed by atoms with Crippen LogP contribution in [-0.2, 0) is 6.54 Å². The first-order valence-corrected chi connectivity index (χ1v) is 6.31. The molecule has 7 heteroatoms. The zero-order valence-electron chi connectivity index (χ0n) is 10.0. The quantitative estimate of drug-likeness (QED) is 0.909. The van der Waals surface area contributed by atoms with Gasteiger partial charge in [0, 0.05) is 11.9 Å². The van der Waals surface area contributed by atoms with Crippen molar-refractivity contribution in [1.29, 1.82) is 0 Å². The zero-order chi connectivity index (χ0) is 14.0. The number of nitrogens with zero attached hydrogens (tertiary/aromatic N) is 1. The van der Waals surface area contributed by atoms with Crippen molar-refractivity contribution in [3.8, 4) is 0 Å². The lowest BCUT2D eigenvalue weighted by molar-refractivity contribution is 0.102. The number of rotatable bonds is 3. The second kappa shape index (κ2) is 5.41. The molecule has 0 unspecified atom stereocenters. The van der Waals surface area contributed by atoms with E-state index in [2.05, 4.69) is 10.3 Å². The van der Waals surface area contributed by atoms with Gasteiger partial charge in [0.2, 0.25) is 0 Å². The number of benzene rings is 1. The Morgan fingerprint density at radius 3 is 2.84 bits per heavy atom. The number of nitrogens with two attached hydrogens (primary N) is 1. The summed E-state index contributed by atoms with van der Waals surface area (Å²) in [7, 11) is 0. The van der Waals surface area contributed by atoms with Gasteiger partial charge in [-0.1, -0.05) is 6.07 Å². The fourth-order valence-electron chi connectivity index (χ4n) is 1.46. The third-order valence-electron chi connectivity index (χ3n) is 2.48. The van der Waals surface area contributed by atoms with Gasteiger partial charge in [-0.3, -0.25) is 4.79 Å². The Hall–Kier alpha value is -1.86. The van der Waals surface area contributed by atoms with Crippen LogP contribution in [0.25, 0.3) is 0 Å². The van der Waals surface area contributed by atoms with Crippen molar-refractivity contribution in [1.82, 2.24) is 4.98 Å². The summed E-state index contributed by atoms with van der Waals surface area (Å²) in [6.07, 6.45) is 0. The Balaban J connectivity index is 2.26. The highest BCUT2D eigenvalue weighted by atomic mass is 32.1. The van der Waals surface area contributed by atoms with Gasteiger partial charge in [0.15, 0.2) is 5.82 Å². The molecule has 0 saturated carbocycles. The van der Waals surface area contributed by atoms with Gasteiger partial charge in [-0.15, -0.1) is 11.3 Å². The number of carbonyl (C=O) groups excluding carboxylic acids is 1. The molecule has 19 heavy (non-hydrogen) atoms. The van der Waals surface area contributed by atoms with E-state index in [9.17, 15) is 13.6 Å². The van der Waals surface area contributed by atoms with Crippen molar-refractivity contribution in [2.75, 3.05) is 5.32 Å². The molecule has 1 aromatic carbocycles. The fraction of sp³-hybridized carbons (Fsp3) is 0.167. The molecule has 0 saturated heterocycles. The number of thiazole rings is 1. The maximum Gasteiger partial charge on any atom is 0.275 e. The number of nitrogens with one attached hydrogen (secondary N) is 1. The Morgan fingerprint density at radius 2 is 2.21 bits per heavy atom. The predicted molar refractivity (Wildman–Crippen MR) is 69.1 cm³/mol. The molecule has 0 radical (unpaired) electrons. The molecule has 0 bridgehead atoms. The Bertz CT molecular complexity index is 627. The topological polar surface area (TPSA) is 68.0 Å². The van der Waals surface area contributed by atoms with Gasteiger partial charge < -0.3 is 11.1 Å². The maximum absolute atomic E-state index is 13.7. The molecule has 100 valence electrons. The molecule has 2 aromatic rings. The van der Waals surface area contributed by atoms with Crippen LogP contribution in [0.4, 0.5) is 14.5 Å². The number of aromatic nitrogens is 1. The molecule has 0 fully saturated rings. The summed E-state index contributed by atoms with van der Waals surface area (Å²) >= 11 is 1.22. The minimum absolute atomic E-state index is 0.0887. The molecule has 1 heterocycles. The molecule has 0 spiro atoms. The largest absolute Gasteiger partial charge is 0.325 e. The summed E-state index contributed by atoms with van der Waals surface area (Å²) in [5, 5.41) is 4.26. The number of hydrogen-bond acceptors (Lipinski definition) is 4. The van der Waals surface area contributed by atoms with Crippen molar-refractivity contribution in [3.63, 3.8) is 0 Å². The van der Waals surface area contributed by atoms with Gasteiger partial charge in [0.05, 0.1) is 0 Å². The van der Waals surface area contributed by atoms with Crippen molar-refractivity contribution < 1.29 is 13.6 Å². The second-order valence-corrected chi connectivity index (χ2v) is 4.78. The van der Waals surface area contributed by atoms with Crippen LogP contribution in [0.2, 0.25) is 0 Å². The van der Waals surface area contributed by atoms with Crippen molar-refractivity contribution in [2.24, 2.45) is 5.73 Å². The van der Waals surface area contributed by atoms with Crippen molar-refractivity contribution >= 4 is 22.9 Å². The number of aryl methyl sites for hydroxylation is 1. The fourth-order valence-corrected chi connectivity index (χ4v) is 2.11. The molecule has 0 atom stereocenters. The van der Waals surface area contributed by atoms with E-state index in [0.29, 0.717) is 5.01 Å². The number of hydrogen-bond donors (Lipinski definition) is 2. The van der Waals surface area contributed by atoms with Gasteiger partial charge in [-0.05, 0) is 18.6 Å². The summed E-state index contributed by atoms with van der Waals surface area (Å²) in [6, 6.07) is 2.40. The lowest BCUT2D eigenvalue weighted by atomic mass is 10.2. The van der Waals surface area contributed by atoms with E-state index in [1.54, 1.807) is 0 Å². The van der Waals surface area contributed by atoms with E-state index < -0.39 is 23.2 Å². The van der Waals surface area contributed by atoms with Crippen LogP contribution in [-0.4, -0.2) is 10.9 Å². The van der Waals surface area contributed by atoms with Crippen LogP contribution >= 0.6 is 11.3 Å². The van der Waals surface area contributed by atoms with Crippen LogP contribution < -0.4 is 11.1 Å². The maximum atomic E-state index is 13.7. The van der Waals surface area contributed by atoms with Crippen LogP contribution in [0.3, 0.4) is 0 Å². The van der Waals surface area contributed by atoms with E-state index in [1.165, 1.54) is 29.7 Å². The van der Waals surface area contributed by atoms with Crippen LogP contribution in [0.1, 0.15) is 21.1 Å². The molecule has 1 amide bonds. The minimum atomic E-state index is -0.828. The number of anilines is 1. The van der Waals surface area contributed by atoms with E-state index in [-0.39, 0.29) is 17.8 Å². The minimum Gasteiger partial charge on any atom is -0.325 e. The average molecular weight is 283 g/mol. The van der Waals surface area contributed by atoms with Gasteiger partial charge in [0.25, 0.3) is 5.91 Å². The molecule has 3 N–H and O–H groups in total. The Labute approximate surface area is 112 Å². The van der Waals surface area contributed by atoms with Crippen molar-refractivity contribution in [2.45, 2.75) is 13.5 Å². The predicted octanol–water partition coefficient (Wildman–Crippen LogP) is 2.44. The first-order chi connectivity index (χ1) is 9.02. The Morgan fingerprint density at radius 1 is 1.47 bits per heavy atom. The normalized spacial score (nSPS) is 10.5. The Kier molecular flexibility index (Phi) is 3.87. The molecule has 2 rings (SSSR count). The average Bonchev–Trinajstić information content (AvgIpc) is 2.88. The third-order valence-corrected chi connectivity index (χ3v) is 3.35. The summed E-state index contributed by atoms with van der Waals surface area (Å²) in [5.41, 5.74) is 5.25. The number of amides is 1. The van der Waals surface area contributed by atoms with E-state index >= 15 is 0 Å². The lowest BCUT2D eigenvalue weighted by Gasteiger charge is -2.07. The molecule has 1 aromatic heterocycles. The highest BCUT2D eigenvalue weighted by molar-refractivity contribution is 7.09. The van der Waals surface area contributed by atoms with Gasteiger partial charge >= 0.3 is 0 Å². The summed E-state index contributed by atoms with van der Waals surface area (Å²) < 4.78 is 27.2. The first-order valence-electron chi connectivity index (χ1n) is 5.43. The molecular formula is C12H11F2N3OS. The summed E-state index contributed by atoms with van der Waals surface area (Å²) in [5.74, 6) is -2.28. The SMILES string of the molecule is Cc1ccc(F)c(NC(=O)c2csc(CN)n2)c1F. The van der Waals surface area contributed by atoms with Crippen LogP contribution in [0.15, 0.2) is 17.5 Å². The monoisotopic (exact) mass is 283 g/mol. The second-order valence-electron chi connectivity index (χ2n) is 3.84. The molecule has 0 aliphatic carbocycles. The number of carbonyl (C=O) groups is 1. The van der Waals surface area contributed by atoms with Gasteiger partial charge in [0.1, 0.15) is 22.2 Å². The van der Waals surface area contributed by atoms with Gasteiger partial charge in [-0.2, -0.15) is 0 Å². The standard InChI is InChI=1S/C12H11F2N3OS/c1-6-2-3-7(13)11(10(6)14)17-12(18)8-5-19-9(4-15)16-8/h2-3,5H,4,15H2,1H3,(H,17,18). The van der Waals surface area contributed by atoms with Gasteiger partial charge in [-0.25, -0.2) is 13.8 Å². The number of halogens is 2. The molecule has 0 aliphatic heterocycles. The lowest BCUT2D eigenvalue weighted by Crippen LogP contribution is -2.15. The van der Waals surface area contributed by atoms with Crippen molar-refractivity contribution in [3.05, 3.63) is 45.4 Å². The summed E-state index contributed by atoms with van der Waals surface area (Å²) in [4.78, 5) is 15.8. The van der Waals surface area contributed by atoms with E-state index in [1.807, 2.05) is 0 Å². The molecular weight excluding hydrogens is 272 g/mol. The van der Waals surface area contributed by atoms with Crippen LogP contribution in [0.5, 0.6) is 0 Å². The molecule has 4 nitrogen and oxygen atoms in total.